The molecule has 8 aromatic carbocycles. The largest absolute Gasteiger partial charge is 0.456 e. The van der Waals surface area contributed by atoms with Crippen LogP contribution in [-0.2, 0) is 0 Å². The molecule has 0 radical (unpaired) electrons. The van der Waals surface area contributed by atoms with E-state index in [-0.39, 0.29) is 6.17 Å². The lowest BCUT2D eigenvalue weighted by atomic mass is 9.91. The molecule has 1 aliphatic heterocycles. The third-order valence-corrected chi connectivity index (χ3v) is 10.7. The van der Waals surface area contributed by atoms with Crippen LogP contribution < -0.4 is 5.32 Å². The second-order valence-electron chi connectivity index (χ2n) is 13.7. The SMILES string of the molecule is c1ccc(-c2ccc(C3=NC(c4ccccc4)NC(c4cccc5oc6cccc(-c7ccc8c9c(cccc79)-c7ccccc7-8)c6c45)=N3)cc2)cc1. The number of amidine groups is 2. The normalized spacial score (nSPS) is 14.6. The van der Waals surface area contributed by atoms with Crippen molar-refractivity contribution >= 4 is 44.4 Å². The summed E-state index contributed by atoms with van der Waals surface area (Å²) in [6.45, 7) is 0. The molecule has 53 heavy (non-hydrogen) atoms. The molecule has 0 saturated heterocycles. The average Bonchev–Trinajstić information content (AvgIpc) is 3.79. The van der Waals surface area contributed by atoms with E-state index >= 15 is 0 Å². The number of fused-ring (bicyclic) bond motifs is 6. The Balaban J connectivity index is 1.10. The highest BCUT2D eigenvalue weighted by Crippen LogP contribution is 2.50. The lowest BCUT2D eigenvalue weighted by molar-refractivity contribution is 0.668. The molecule has 0 bridgehead atoms. The molecule has 1 aliphatic carbocycles. The van der Waals surface area contributed by atoms with E-state index < -0.39 is 0 Å². The maximum atomic E-state index is 6.63. The molecule has 0 spiro atoms. The Bertz CT molecular complexity index is 2930. The van der Waals surface area contributed by atoms with Gasteiger partial charge in [-0.25, -0.2) is 9.98 Å². The van der Waals surface area contributed by atoms with Gasteiger partial charge in [-0.15, -0.1) is 0 Å². The molecule has 0 saturated carbocycles. The molecule has 2 heterocycles. The number of hydrogen-bond acceptors (Lipinski definition) is 4. The van der Waals surface area contributed by atoms with Crippen LogP contribution in [-0.4, -0.2) is 11.7 Å². The highest BCUT2D eigenvalue weighted by molar-refractivity contribution is 6.26. The van der Waals surface area contributed by atoms with E-state index in [1.54, 1.807) is 0 Å². The van der Waals surface area contributed by atoms with E-state index in [0.717, 1.165) is 55.6 Å². The van der Waals surface area contributed by atoms with Gasteiger partial charge in [0.2, 0.25) is 0 Å². The van der Waals surface area contributed by atoms with Crippen LogP contribution in [0.2, 0.25) is 0 Å². The summed E-state index contributed by atoms with van der Waals surface area (Å²) in [5, 5.41) is 8.36. The molecular formula is C49H31N3O. The number of nitrogens with one attached hydrogen (secondary N) is 1. The Morgan fingerprint density at radius 3 is 1.66 bits per heavy atom. The fourth-order valence-electron chi connectivity index (χ4n) is 8.30. The standard InChI is InChI=1S/C49H31N3O/c1-3-12-30(13-4-1)31-24-26-33(27-25-31)48-50-47(32-14-5-2-6-15-32)51-49(52-48)41-21-11-23-43-46(41)45-39(20-10-22-42(45)53-43)36-28-29-40-35-17-8-7-16-34(35)37-18-9-19-38(36)44(37)40/h1-29,47H,(H,50,51,52). The second-order valence-corrected chi connectivity index (χ2v) is 13.7. The summed E-state index contributed by atoms with van der Waals surface area (Å²) >= 11 is 0. The molecule has 11 rings (SSSR count). The summed E-state index contributed by atoms with van der Waals surface area (Å²) in [5.41, 5.74) is 14.5. The van der Waals surface area contributed by atoms with Crippen molar-refractivity contribution in [3.05, 3.63) is 193 Å². The molecule has 1 aromatic heterocycles. The van der Waals surface area contributed by atoms with Gasteiger partial charge in [0, 0.05) is 21.9 Å². The van der Waals surface area contributed by atoms with Crippen molar-refractivity contribution in [2.45, 2.75) is 6.17 Å². The third-order valence-electron chi connectivity index (χ3n) is 10.7. The summed E-state index contributed by atoms with van der Waals surface area (Å²) in [7, 11) is 0. The van der Waals surface area contributed by atoms with Crippen molar-refractivity contribution in [1.82, 2.24) is 5.32 Å². The van der Waals surface area contributed by atoms with Gasteiger partial charge < -0.3 is 9.73 Å². The predicted molar refractivity (Wildman–Crippen MR) is 218 cm³/mol. The number of nitrogens with zero attached hydrogens (tertiary/aromatic N) is 2. The molecular weight excluding hydrogens is 647 g/mol. The first kappa shape index (κ1) is 29.7. The summed E-state index contributed by atoms with van der Waals surface area (Å²) < 4.78 is 6.63. The number of benzene rings is 8. The van der Waals surface area contributed by atoms with Crippen molar-refractivity contribution in [2.75, 3.05) is 0 Å². The van der Waals surface area contributed by atoms with Crippen LogP contribution in [0.15, 0.2) is 190 Å². The Kier molecular flexibility index (Phi) is 6.58. The minimum absolute atomic E-state index is 0.321. The Morgan fingerprint density at radius 1 is 0.396 bits per heavy atom. The van der Waals surface area contributed by atoms with Crippen LogP contribution >= 0.6 is 0 Å². The van der Waals surface area contributed by atoms with Gasteiger partial charge in [-0.3, -0.25) is 0 Å². The predicted octanol–water partition coefficient (Wildman–Crippen LogP) is 12.2. The molecule has 1 unspecified atom stereocenters. The van der Waals surface area contributed by atoms with Crippen LogP contribution in [0.1, 0.15) is 22.9 Å². The first-order valence-electron chi connectivity index (χ1n) is 18.0. The minimum Gasteiger partial charge on any atom is -0.456 e. The van der Waals surface area contributed by atoms with Crippen LogP contribution in [0.25, 0.3) is 77.2 Å². The smallest absolute Gasteiger partial charge is 0.159 e. The van der Waals surface area contributed by atoms with Gasteiger partial charge in [-0.2, -0.15) is 0 Å². The van der Waals surface area contributed by atoms with Crippen LogP contribution in [0.3, 0.4) is 0 Å². The van der Waals surface area contributed by atoms with E-state index in [4.69, 9.17) is 14.4 Å². The number of aliphatic imine (C=N–C) groups is 2. The molecule has 4 nitrogen and oxygen atoms in total. The molecule has 1 N–H and O–H groups in total. The fraction of sp³-hybridized carbons (Fsp3) is 0.0204. The number of furan rings is 1. The van der Waals surface area contributed by atoms with Gasteiger partial charge in [0.15, 0.2) is 5.84 Å². The van der Waals surface area contributed by atoms with Crippen molar-refractivity contribution in [3.63, 3.8) is 0 Å². The first-order chi connectivity index (χ1) is 26.3. The van der Waals surface area contributed by atoms with Gasteiger partial charge in [-0.1, -0.05) is 164 Å². The average molecular weight is 678 g/mol. The molecule has 1 atom stereocenters. The molecule has 248 valence electrons. The maximum Gasteiger partial charge on any atom is 0.159 e. The Morgan fingerprint density at radius 2 is 0.925 bits per heavy atom. The van der Waals surface area contributed by atoms with Crippen molar-refractivity contribution in [1.29, 1.82) is 0 Å². The van der Waals surface area contributed by atoms with Gasteiger partial charge in [-0.05, 0) is 73.0 Å². The van der Waals surface area contributed by atoms with Gasteiger partial charge >= 0.3 is 0 Å². The van der Waals surface area contributed by atoms with E-state index in [1.807, 2.05) is 12.1 Å². The summed E-state index contributed by atoms with van der Waals surface area (Å²) in [6.07, 6.45) is -0.321. The summed E-state index contributed by atoms with van der Waals surface area (Å²) in [5.74, 6) is 1.44. The zero-order valence-corrected chi connectivity index (χ0v) is 28.6. The van der Waals surface area contributed by atoms with Crippen molar-refractivity contribution < 1.29 is 4.42 Å². The zero-order chi connectivity index (χ0) is 34.9. The molecule has 0 fully saturated rings. The lowest BCUT2D eigenvalue weighted by Gasteiger charge is -2.24. The van der Waals surface area contributed by atoms with Gasteiger partial charge in [0.1, 0.15) is 23.2 Å². The maximum absolute atomic E-state index is 6.63. The molecule has 9 aromatic rings. The highest BCUT2D eigenvalue weighted by atomic mass is 16.3. The first-order valence-corrected chi connectivity index (χ1v) is 18.0. The van der Waals surface area contributed by atoms with E-state index in [1.165, 1.54) is 44.2 Å². The van der Waals surface area contributed by atoms with Crippen LogP contribution in [0.4, 0.5) is 0 Å². The van der Waals surface area contributed by atoms with Gasteiger partial charge in [0.05, 0.1) is 0 Å². The van der Waals surface area contributed by atoms with E-state index in [0.29, 0.717) is 5.84 Å². The lowest BCUT2D eigenvalue weighted by Crippen LogP contribution is -2.33. The minimum atomic E-state index is -0.321. The topological polar surface area (TPSA) is 49.9 Å². The van der Waals surface area contributed by atoms with Gasteiger partial charge in [0.25, 0.3) is 0 Å². The van der Waals surface area contributed by atoms with Crippen LogP contribution in [0.5, 0.6) is 0 Å². The summed E-state index contributed by atoms with van der Waals surface area (Å²) in [4.78, 5) is 10.4. The monoisotopic (exact) mass is 677 g/mol. The number of rotatable bonds is 5. The molecule has 4 heteroatoms. The Labute approximate surface area is 306 Å². The molecule has 0 amide bonds. The fourth-order valence-corrected chi connectivity index (χ4v) is 8.30. The van der Waals surface area contributed by atoms with Crippen molar-refractivity contribution in [3.8, 4) is 44.5 Å². The van der Waals surface area contributed by atoms with Crippen molar-refractivity contribution in [2.24, 2.45) is 9.98 Å². The van der Waals surface area contributed by atoms with Crippen LogP contribution in [0, 0.1) is 0 Å². The summed E-state index contributed by atoms with van der Waals surface area (Å²) in [6, 6.07) is 62.0. The van der Waals surface area contributed by atoms with E-state index in [9.17, 15) is 0 Å². The molecule has 2 aliphatic rings. The quantitative estimate of drug-likeness (QED) is 0.197. The third kappa shape index (κ3) is 4.69. The highest BCUT2D eigenvalue weighted by Gasteiger charge is 2.26. The zero-order valence-electron chi connectivity index (χ0n) is 28.6. The Hall–Kier alpha value is -7.04. The number of hydrogen-bond donors (Lipinski definition) is 1. The van der Waals surface area contributed by atoms with E-state index in [2.05, 4.69) is 169 Å². The second kappa shape index (κ2) is 11.8.